The zero-order valence-electron chi connectivity index (χ0n) is 14.4. The number of nitrogens with one attached hydrogen (secondary N) is 1. The SMILES string of the molecule is Cc1cc(C(=O)Nc2cccc(CS(C)(=O)=O)c2C)ccc1C(F)(F)F. The maximum Gasteiger partial charge on any atom is 0.416 e. The van der Waals surface area contributed by atoms with Crippen molar-refractivity contribution in [1.29, 1.82) is 0 Å². The van der Waals surface area contributed by atoms with Crippen LogP contribution in [0.1, 0.15) is 32.6 Å². The number of carbonyl (C=O) groups excluding carboxylic acids is 1. The Bertz CT molecular complexity index is 951. The molecule has 0 aliphatic carbocycles. The lowest BCUT2D eigenvalue weighted by Gasteiger charge is -2.14. The van der Waals surface area contributed by atoms with Crippen LogP contribution in [0.25, 0.3) is 0 Å². The molecule has 0 spiro atoms. The zero-order valence-corrected chi connectivity index (χ0v) is 15.3. The van der Waals surface area contributed by atoms with Gasteiger partial charge in [0.2, 0.25) is 0 Å². The molecule has 0 bridgehead atoms. The first-order valence-electron chi connectivity index (χ1n) is 7.64. The molecule has 0 aliphatic heterocycles. The van der Waals surface area contributed by atoms with Crippen LogP contribution < -0.4 is 5.32 Å². The molecular formula is C18H18F3NO3S. The van der Waals surface area contributed by atoms with E-state index in [2.05, 4.69) is 5.32 Å². The minimum Gasteiger partial charge on any atom is -0.322 e. The van der Waals surface area contributed by atoms with Crippen molar-refractivity contribution >= 4 is 21.4 Å². The van der Waals surface area contributed by atoms with Crippen LogP contribution in [0.2, 0.25) is 0 Å². The molecule has 0 aliphatic rings. The number of halogens is 3. The molecule has 0 fully saturated rings. The Morgan fingerprint density at radius 1 is 1.12 bits per heavy atom. The summed E-state index contributed by atoms with van der Waals surface area (Å²) < 4.78 is 61.4. The standard InChI is InChI=1S/C18H18F3NO3S/c1-11-9-13(7-8-15(11)18(19,20)21)17(23)22-16-6-4-5-14(12(16)2)10-26(3,24)25/h4-9H,10H2,1-3H3,(H,22,23). The Hall–Kier alpha value is -2.35. The van der Waals surface area contributed by atoms with Gasteiger partial charge in [0.25, 0.3) is 5.91 Å². The number of hydrogen-bond donors (Lipinski definition) is 1. The normalized spacial score (nSPS) is 12.1. The highest BCUT2D eigenvalue weighted by Gasteiger charge is 2.32. The minimum absolute atomic E-state index is 0.0484. The summed E-state index contributed by atoms with van der Waals surface area (Å²) in [6, 6.07) is 8.03. The van der Waals surface area contributed by atoms with Gasteiger partial charge >= 0.3 is 6.18 Å². The van der Waals surface area contributed by atoms with Crippen molar-refractivity contribution in [1.82, 2.24) is 0 Å². The Morgan fingerprint density at radius 2 is 1.77 bits per heavy atom. The summed E-state index contributed by atoms with van der Waals surface area (Å²) in [6.07, 6.45) is -3.36. The van der Waals surface area contributed by atoms with Crippen molar-refractivity contribution in [3.05, 3.63) is 64.2 Å². The molecule has 8 heteroatoms. The monoisotopic (exact) mass is 385 g/mol. The van der Waals surface area contributed by atoms with Gasteiger partial charge in [-0.1, -0.05) is 12.1 Å². The summed E-state index contributed by atoms with van der Waals surface area (Å²) in [7, 11) is -3.24. The van der Waals surface area contributed by atoms with E-state index < -0.39 is 27.5 Å². The minimum atomic E-state index is -4.48. The molecule has 140 valence electrons. The van der Waals surface area contributed by atoms with E-state index in [0.717, 1.165) is 18.4 Å². The van der Waals surface area contributed by atoms with Crippen LogP contribution in [0.3, 0.4) is 0 Å². The van der Waals surface area contributed by atoms with Gasteiger partial charge in [0.15, 0.2) is 9.84 Å². The molecular weight excluding hydrogens is 367 g/mol. The highest BCUT2D eigenvalue weighted by Crippen LogP contribution is 2.32. The molecule has 0 atom stereocenters. The topological polar surface area (TPSA) is 63.2 Å². The lowest BCUT2D eigenvalue weighted by molar-refractivity contribution is -0.138. The number of carbonyl (C=O) groups is 1. The summed E-state index contributed by atoms with van der Waals surface area (Å²) in [5.74, 6) is -0.733. The molecule has 1 N–H and O–H groups in total. The summed E-state index contributed by atoms with van der Waals surface area (Å²) in [6.45, 7) is 2.96. The Morgan fingerprint density at radius 3 is 2.31 bits per heavy atom. The number of amides is 1. The highest BCUT2D eigenvalue weighted by molar-refractivity contribution is 7.89. The van der Waals surface area contributed by atoms with Gasteiger partial charge < -0.3 is 5.32 Å². The lowest BCUT2D eigenvalue weighted by Crippen LogP contribution is -2.15. The fraction of sp³-hybridized carbons (Fsp3) is 0.278. The third kappa shape index (κ3) is 4.85. The van der Waals surface area contributed by atoms with Gasteiger partial charge in [0.1, 0.15) is 0 Å². The van der Waals surface area contributed by atoms with Crippen molar-refractivity contribution in [3.8, 4) is 0 Å². The average molecular weight is 385 g/mol. The molecule has 0 saturated carbocycles. The molecule has 2 aromatic carbocycles. The van der Waals surface area contributed by atoms with Gasteiger partial charge in [-0.25, -0.2) is 8.42 Å². The first-order valence-corrected chi connectivity index (χ1v) is 9.70. The van der Waals surface area contributed by atoms with E-state index in [1.54, 1.807) is 25.1 Å². The summed E-state index contributed by atoms with van der Waals surface area (Å²) >= 11 is 0. The van der Waals surface area contributed by atoms with Crippen molar-refractivity contribution < 1.29 is 26.4 Å². The van der Waals surface area contributed by atoms with Crippen LogP contribution in [0.5, 0.6) is 0 Å². The quantitative estimate of drug-likeness (QED) is 0.861. The number of aryl methyl sites for hydroxylation is 1. The molecule has 0 saturated heterocycles. The Kier molecular flexibility index (Phi) is 5.46. The maximum atomic E-state index is 12.8. The fourth-order valence-corrected chi connectivity index (χ4v) is 3.45. The third-order valence-corrected chi connectivity index (χ3v) is 4.74. The van der Waals surface area contributed by atoms with Crippen LogP contribution >= 0.6 is 0 Å². The van der Waals surface area contributed by atoms with Crippen molar-refractivity contribution in [2.24, 2.45) is 0 Å². The zero-order chi connectivity index (χ0) is 19.7. The Balaban J connectivity index is 2.28. The van der Waals surface area contributed by atoms with Gasteiger partial charge in [0.05, 0.1) is 11.3 Å². The van der Waals surface area contributed by atoms with Crippen LogP contribution in [0, 0.1) is 13.8 Å². The van der Waals surface area contributed by atoms with Gasteiger partial charge in [-0.05, 0) is 54.8 Å². The second-order valence-corrected chi connectivity index (χ2v) is 8.28. The van der Waals surface area contributed by atoms with Gasteiger partial charge in [0, 0.05) is 17.5 Å². The smallest absolute Gasteiger partial charge is 0.322 e. The number of rotatable bonds is 4. The van der Waals surface area contributed by atoms with E-state index in [-0.39, 0.29) is 16.9 Å². The second-order valence-electron chi connectivity index (χ2n) is 6.14. The molecule has 0 aromatic heterocycles. The van der Waals surface area contributed by atoms with Crippen LogP contribution in [-0.4, -0.2) is 20.6 Å². The molecule has 0 unspecified atom stereocenters. The highest BCUT2D eigenvalue weighted by atomic mass is 32.2. The molecule has 0 radical (unpaired) electrons. The van der Waals surface area contributed by atoms with Crippen molar-refractivity contribution in [3.63, 3.8) is 0 Å². The number of sulfone groups is 1. The van der Waals surface area contributed by atoms with E-state index in [1.165, 1.54) is 13.0 Å². The molecule has 0 heterocycles. The van der Waals surface area contributed by atoms with Crippen molar-refractivity contribution in [2.75, 3.05) is 11.6 Å². The van der Waals surface area contributed by atoms with E-state index in [4.69, 9.17) is 0 Å². The molecule has 4 nitrogen and oxygen atoms in total. The first-order chi connectivity index (χ1) is 11.9. The average Bonchev–Trinajstić information content (AvgIpc) is 2.48. The number of alkyl halides is 3. The molecule has 2 aromatic rings. The van der Waals surface area contributed by atoms with E-state index >= 15 is 0 Å². The molecule has 26 heavy (non-hydrogen) atoms. The molecule has 1 amide bonds. The second kappa shape index (κ2) is 7.11. The summed E-state index contributed by atoms with van der Waals surface area (Å²) in [5.41, 5.74) is 0.800. The van der Waals surface area contributed by atoms with Crippen LogP contribution in [0.4, 0.5) is 18.9 Å². The largest absolute Gasteiger partial charge is 0.416 e. The van der Waals surface area contributed by atoms with Gasteiger partial charge in [-0.3, -0.25) is 4.79 Å². The molecule has 2 rings (SSSR count). The van der Waals surface area contributed by atoms with E-state index in [1.807, 2.05) is 0 Å². The predicted molar refractivity (Wildman–Crippen MR) is 93.9 cm³/mol. The third-order valence-electron chi connectivity index (χ3n) is 3.91. The lowest BCUT2D eigenvalue weighted by atomic mass is 10.0. The first kappa shape index (κ1) is 20.0. The van der Waals surface area contributed by atoms with Gasteiger partial charge in [-0.2, -0.15) is 13.2 Å². The Labute approximate surface area is 150 Å². The fourth-order valence-electron chi connectivity index (χ4n) is 2.58. The predicted octanol–water partition coefficient (Wildman–Crippen LogP) is 4.12. The number of benzene rings is 2. The number of hydrogen-bond acceptors (Lipinski definition) is 3. The van der Waals surface area contributed by atoms with E-state index in [9.17, 15) is 26.4 Å². The number of anilines is 1. The summed E-state index contributed by atoms with van der Waals surface area (Å²) in [5, 5.41) is 2.62. The van der Waals surface area contributed by atoms with Crippen LogP contribution in [0.15, 0.2) is 36.4 Å². The van der Waals surface area contributed by atoms with E-state index in [0.29, 0.717) is 16.8 Å². The maximum absolute atomic E-state index is 12.8. The van der Waals surface area contributed by atoms with Gasteiger partial charge in [-0.15, -0.1) is 0 Å². The van der Waals surface area contributed by atoms with Crippen molar-refractivity contribution in [2.45, 2.75) is 25.8 Å². The summed E-state index contributed by atoms with van der Waals surface area (Å²) in [4.78, 5) is 12.4. The van der Waals surface area contributed by atoms with Crippen LogP contribution in [-0.2, 0) is 21.8 Å².